The molecule has 0 saturated heterocycles. The molecule has 0 amide bonds. The first-order chi connectivity index (χ1) is 16.3. The first-order valence-electron chi connectivity index (χ1n) is 12.1. The van der Waals surface area contributed by atoms with E-state index >= 15 is 0 Å². The third-order valence-electron chi connectivity index (χ3n) is 5.72. The van der Waals surface area contributed by atoms with E-state index in [1.165, 1.54) is 80.6 Å². The van der Waals surface area contributed by atoms with Crippen molar-refractivity contribution in [3.63, 3.8) is 0 Å². The molecule has 0 atom stereocenters. The maximum absolute atomic E-state index is 4.93. The third kappa shape index (κ3) is 9.42. The predicted molar refractivity (Wildman–Crippen MR) is 155 cm³/mol. The molecule has 0 aliphatic carbocycles. The van der Waals surface area contributed by atoms with Crippen molar-refractivity contribution in [2.75, 3.05) is 0 Å². The van der Waals surface area contributed by atoms with Crippen LogP contribution < -0.4 is 0 Å². The Bertz CT molecular complexity index is 1030. The quantitative estimate of drug-likeness (QED) is 0.164. The average molecular weight is 591 g/mol. The standard InChI is InChI=1S/2C14H17.C2H6Si.2ClH.Zr/c2*1-4-5-12-7-6-11(3)13-8-10(2)9-14(12)13;1-3-2;;;/h2*6-9H,4-5H2,1-3H3;1-2H3;2*1H;/q2*-1;;;;+4/p-2. The van der Waals surface area contributed by atoms with Crippen LogP contribution in [0.25, 0.3) is 21.5 Å². The number of rotatable bonds is 4. The summed E-state index contributed by atoms with van der Waals surface area (Å²) >= 11 is -0.826. The second-order valence-electron chi connectivity index (χ2n) is 8.87. The van der Waals surface area contributed by atoms with E-state index in [9.17, 15) is 0 Å². The minimum absolute atomic E-state index is 0.826. The average Bonchev–Trinajstić information content (AvgIpc) is 3.38. The van der Waals surface area contributed by atoms with Crippen molar-refractivity contribution in [1.29, 1.82) is 0 Å². The van der Waals surface area contributed by atoms with Crippen molar-refractivity contribution in [2.45, 2.75) is 80.3 Å². The Labute approximate surface area is 229 Å². The summed E-state index contributed by atoms with van der Waals surface area (Å²) in [5, 5.41) is 5.80. The molecular formula is C30H40Cl2SiZr. The van der Waals surface area contributed by atoms with E-state index in [0.29, 0.717) is 0 Å². The zero-order valence-corrected chi connectivity index (χ0v) is 27.2. The summed E-state index contributed by atoms with van der Waals surface area (Å²) in [6, 6.07) is 18.3. The fraction of sp³-hybridized carbons (Fsp3) is 0.400. The molecular weight excluding hydrogens is 551 g/mol. The van der Waals surface area contributed by atoms with Crippen LogP contribution >= 0.6 is 17.0 Å². The molecule has 0 aliphatic heterocycles. The van der Waals surface area contributed by atoms with Gasteiger partial charge < -0.3 is 0 Å². The zero-order chi connectivity index (χ0) is 25.7. The summed E-state index contributed by atoms with van der Waals surface area (Å²) in [5.74, 6) is 0. The Morgan fingerprint density at radius 3 is 1.32 bits per heavy atom. The van der Waals surface area contributed by atoms with Crippen LogP contribution in [-0.4, -0.2) is 9.52 Å². The molecule has 0 bridgehead atoms. The molecule has 0 fully saturated rings. The molecule has 182 valence electrons. The minimum atomic E-state index is -0.826. The van der Waals surface area contributed by atoms with E-state index in [-0.39, 0.29) is 0 Å². The van der Waals surface area contributed by atoms with Crippen LogP contribution in [-0.2, 0) is 33.7 Å². The molecule has 0 saturated carbocycles. The van der Waals surface area contributed by atoms with Gasteiger partial charge in [0.1, 0.15) is 0 Å². The molecule has 0 aliphatic rings. The van der Waals surface area contributed by atoms with Crippen LogP contribution in [0.5, 0.6) is 0 Å². The van der Waals surface area contributed by atoms with Crippen LogP contribution in [0.2, 0.25) is 13.1 Å². The van der Waals surface area contributed by atoms with Gasteiger partial charge in [-0.25, -0.2) is 0 Å². The van der Waals surface area contributed by atoms with Crippen molar-refractivity contribution in [2.24, 2.45) is 0 Å². The van der Waals surface area contributed by atoms with Gasteiger partial charge in [0.05, 0.1) is 0 Å². The van der Waals surface area contributed by atoms with E-state index in [0.717, 1.165) is 9.52 Å². The predicted octanol–water partition coefficient (Wildman–Crippen LogP) is 10.4. The van der Waals surface area contributed by atoms with Gasteiger partial charge in [0.25, 0.3) is 0 Å². The van der Waals surface area contributed by atoms with Gasteiger partial charge in [0.2, 0.25) is 0 Å². The summed E-state index contributed by atoms with van der Waals surface area (Å²) in [7, 11) is 11.0. The Morgan fingerprint density at radius 1 is 0.706 bits per heavy atom. The molecule has 2 radical (unpaired) electrons. The molecule has 0 N–H and O–H groups in total. The molecule has 0 spiro atoms. The fourth-order valence-corrected chi connectivity index (χ4v) is 4.27. The van der Waals surface area contributed by atoms with Crippen LogP contribution in [0.4, 0.5) is 0 Å². The molecule has 34 heavy (non-hydrogen) atoms. The number of benzene rings is 2. The van der Waals surface area contributed by atoms with Gasteiger partial charge in [-0.05, 0) is 12.8 Å². The van der Waals surface area contributed by atoms with Gasteiger partial charge in [-0.3, -0.25) is 0 Å². The molecule has 4 rings (SSSR count). The summed E-state index contributed by atoms with van der Waals surface area (Å²) in [6.07, 6.45) is 4.84. The SMILES string of the molecule is CCCc1ccc(C)c2[cH-]c(C)cc12.CCCc1ccc(C)c2[cH-]c(C)cc12.C[Si]C.[Cl][Zr+2][Cl]. The summed E-state index contributed by atoms with van der Waals surface area (Å²) in [4.78, 5) is 0. The Hall–Kier alpha value is -0.660. The zero-order valence-electron chi connectivity index (χ0n) is 22.2. The van der Waals surface area contributed by atoms with Crippen molar-refractivity contribution in [3.8, 4) is 0 Å². The summed E-state index contributed by atoms with van der Waals surface area (Å²) in [6.45, 7) is 17.5. The third-order valence-corrected chi connectivity index (χ3v) is 5.72. The molecule has 4 aromatic rings. The van der Waals surface area contributed by atoms with Crippen molar-refractivity contribution in [3.05, 3.63) is 81.9 Å². The van der Waals surface area contributed by atoms with Gasteiger partial charge in [0.15, 0.2) is 0 Å². The molecule has 0 nitrogen and oxygen atoms in total. The van der Waals surface area contributed by atoms with E-state index in [4.69, 9.17) is 17.0 Å². The van der Waals surface area contributed by atoms with Crippen molar-refractivity contribution < 1.29 is 20.8 Å². The number of hydrogen-bond acceptors (Lipinski definition) is 0. The van der Waals surface area contributed by atoms with Gasteiger partial charge in [-0.2, -0.15) is 12.1 Å². The van der Waals surface area contributed by atoms with Gasteiger partial charge in [-0.15, -0.1) is 68.1 Å². The Balaban J connectivity index is 0.000000277. The van der Waals surface area contributed by atoms with Crippen molar-refractivity contribution in [1.82, 2.24) is 0 Å². The van der Waals surface area contributed by atoms with Gasteiger partial charge in [0, 0.05) is 9.52 Å². The molecule has 0 unspecified atom stereocenters. The molecule has 0 aromatic heterocycles. The van der Waals surface area contributed by atoms with Crippen LogP contribution in [0.1, 0.15) is 60.1 Å². The topological polar surface area (TPSA) is 0 Å². The Kier molecular flexibility index (Phi) is 15.6. The van der Waals surface area contributed by atoms with Crippen LogP contribution in [0.15, 0.2) is 48.5 Å². The van der Waals surface area contributed by atoms with E-state index in [1.807, 2.05) is 0 Å². The number of fused-ring (bicyclic) bond motifs is 2. The number of halogens is 2. The first kappa shape index (κ1) is 31.4. The molecule has 4 aromatic carbocycles. The van der Waals surface area contributed by atoms with Crippen LogP contribution in [0, 0.1) is 27.7 Å². The van der Waals surface area contributed by atoms with E-state index in [1.54, 1.807) is 0 Å². The van der Waals surface area contributed by atoms with E-state index in [2.05, 4.69) is 103 Å². The first-order valence-corrected chi connectivity index (χ1v) is 20.5. The number of hydrogen-bond donors (Lipinski definition) is 0. The normalized spacial score (nSPS) is 9.94. The van der Waals surface area contributed by atoms with Gasteiger partial charge >= 0.3 is 37.9 Å². The monoisotopic (exact) mass is 588 g/mol. The maximum atomic E-state index is 4.93. The van der Waals surface area contributed by atoms with E-state index < -0.39 is 20.8 Å². The molecule has 4 heteroatoms. The second-order valence-corrected chi connectivity index (χ2v) is 13.6. The Morgan fingerprint density at radius 2 is 1.03 bits per heavy atom. The van der Waals surface area contributed by atoms with Gasteiger partial charge in [-0.1, -0.05) is 90.7 Å². The molecule has 0 heterocycles. The second kappa shape index (κ2) is 16.9. The van der Waals surface area contributed by atoms with Crippen LogP contribution in [0.3, 0.4) is 0 Å². The fourth-order valence-electron chi connectivity index (χ4n) is 4.27. The number of aryl methyl sites for hydroxylation is 6. The summed E-state index contributed by atoms with van der Waals surface area (Å²) < 4.78 is 0. The summed E-state index contributed by atoms with van der Waals surface area (Å²) in [5.41, 5.74) is 8.56. The van der Waals surface area contributed by atoms with Crippen molar-refractivity contribution >= 4 is 48.1 Å².